The predicted molar refractivity (Wildman–Crippen MR) is 97.3 cm³/mol. The van der Waals surface area contributed by atoms with Crippen molar-refractivity contribution in [2.75, 3.05) is 0 Å². The van der Waals surface area contributed by atoms with Crippen LogP contribution in [-0.2, 0) is 9.31 Å². The van der Waals surface area contributed by atoms with Crippen LogP contribution in [0.4, 0.5) is 0 Å². The third kappa shape index (κ3) is 2.73. The van der Waals surface area contributed by atoms with Crippen molar-refractivity contribution in [1.82, 2.24) is 0 Å². The van der Waals surface area contributed by atoms with Crippen molar-refractivity contribution >= 4 is 24.2 Å². The molecule has 1 heterocycles. The number of hydrogen-bond acceptors (Lipinski definition) is 3. The molecule has 5 heteroatoms. The van der Waals surface area contributed by atoms with Gasteiger partial charge in [0.1, 0.15) is 6.07 Å². The van der Waals surface area contributed by atoms with E-state index in [0.717, 1.165) is 11.1 Å². The molecule has 0 bridgehead atoms. The lowest BCUT2D eigenvalue weighted by Gasteiger charge is -2.32. The molecule has 2 aromatic carbocycles. The lowest BCUT2D eigenvalue weighted by Crippen LogP contribution is -2.41. The van der Waals surface area contributed by atoms with E-state index >= 15 is 0 Å². The normalized spacial score (nSPS) is 18.4. The molecule has 1 fully saturated rings. The second kappa shape index (κ2) is 5.93. The Morgan fingerprint density at radius 3 is 2.08 bits per heavy atom. The van der Waals surface area contributed by atoms with Crippen LogP contribution in [-0.4, -0.2) is 18.3 Å². The number of nitrogens with zero attached hydrogens (tertiary/aromatic N) is 1. The van der Waals surface area contributed by atoms with E-state index in [2.05, 4.69) is 6.07 Å². The zero-order valence-electron chi connectivity index (χ0n) is 14.3. The summed E-state index contributed by atoms with van der Waals surface area (Å²) in [6.07, 6.45) is 0. The minimum absolute atomic E-state index is 0.386. The summed E-state index contributed by atoms with van der Waals surface area (Å²) < 4.78 is 12.1. The third-order valence-electron chi connectivity index (χ3n) is 4.88. The molecule has 3 rings (SSSR count). The fourth-order valence-electron chi connectivity index (χ4n) is 2.71. The van der Waals surface area contributed by atoms with Crippen molar-refractivity contribution in [2.45, 2.75) is 38.9 Å². The molecule has 3 nitrogen and oxygen atoms in total. The van der Waals surface area contributed by atoms with Crippen LogP contribution < -0.4 is 5.46 Å². The molecule has 24 heavy (non-hydrogen) atoms. The molecule has 0 spiro atoms. The van der Waals surface area contributed by atoms with Crippen LogP contribution in [0.25, 0.3) is 11.1 Å². The quantitative estimate of drug-likeness (QED) is 0.771. The summed E-state index contributed by atoms with van der Waals surface area (Å²) in [5.41, 5.74) is 1.99. The Morgan fingerprint density at radius 1 is 0.958 bits per heavy atom. The average molecular weight is 340 g/mol. The van der Waals surface area contributed by atoms with Crippen molar-refractivity contribution < 1.29 is 9.31 Å². The van der Waals surface area contributed by atoms with E-state index < -0.39 is 18.3 Å². The highest BCUT2D eigenvalue weighted by Crippen LogP contribution is 2.38. The molecular weight excluding hydrogens is 320 g/mol. The van der Waals surface area contributed by atoms with Crippen molar-refractivity contribution in [2.24, 2.45) is 0 Å². The number of rotatable bonds is 2. The van der Waals surface area contributed by atoms with Gasteiger partial charge in [-0.05, 0) is 33.3 Å². The van der Waals surface area contributed by atoms with E-state index in [1.54, 1.807) is 0 Å². The zero-order chi connectivity index (χ0) is 17.5. The first-order chi connectivity index (χ1) is 11.3. The largest absolute Gasteiger partial charge is 0.496 e. The Morgan fingerprint density at radius 2 is 1.54 bits per heavy atom. The zero-order valence-corrected chi connectivity index (χ0v) is 15.0. The third-order valence-corrected chi connectivity index (χ3v) is 5.28. The summed E-state index contributed by atoms with van der Waals surface area (Å²) in [5.74, 6) is 0. The van der Waals surface area contributed by atoms with E-state index in [1.807, 2.05) is 70.2 Å². The summed E-state index contributed by atoms with van der Waals surface area (Å²) >= 11 is 6.55. The topological polar surface area (TPSA) is 42.2 Å². The Hall–Kier alpha value is -1.80. The van der Waals surface area contributed by atoms with Gasteiger partial charge >= 0.3 is 7.12 Å². The van der Waals surface area contributed by atoms with Gasteiger partial charge in [-0.1, -0.05) is 54.1 Å². The standard InChI is InChI=1S/C19H19BClNO2/c1-18(2)19(3,4)24-20(23-18)16-11-10-14(15(12-22)17(16)21)13-8-6-5-7-9-13/h5-11H,1-4H3. The van der Waals surface area contributed by atoms with Gasteiger partial charge in [-0.2, -0.15) is 5.26 Å². The molecule has 0 radical (unpaired) electrons. The van der Waals surface area contributed by atoms with Crippen LogP contribution in [0, 0.1) is 11.3 Å². The van der Waals surface area contributed by atoms with Crippen LogP contribution in [0.3, 0.4) is 0 Å². The van der Waals surface area contributed by atoms with Gasteiger partial charge in [0.2, 0.25) is 0 Å². The van der Waals surface area contributed by atoms with Crippen LogP contribution >= 0.6 is 11.6 Å². The Bertz CT molecular complexity index is 796. The van der Waals surface area contributed by atoms with Gasteiger partial charge < -0.3 is 9.31 Å². The monoisotopic (exact) mass is 339 g/mol. The highest BCUT2D eigenvalue weighted by molar-refractivity contribution is 6.66. The summed E-state index contributed by atoms with van der Waals surface area (Å²) in [6.45, 7) is 7.96. The van der Waals surface area contributed by atoms with Crippen LogP contribution in [0.1, 0.15) is 33.3 Å². The lowest BCUT2D eigenvalue weighted by atomic mass is 9.77. The minimum Gasteiger partial charge on any atom is -0.399 e. The molecule has 122 valence electrons. The van der Waals surface area contributed by atoms with E-state index in [1.165, 1.54) is 0 Å². The van der Waals surface area contributed by atoms with Crippen LogP contribution in [0.5, 0.6) is 0 Å². The molecule has 2 aromatic rings. The Labute approximate surface area is 148 Å². The highest BCUT2D eigenvalue weighted by atomic mass is 35.5. The van der Waals surface area contributed by atoms with Crippen LogP contribution in [0.15, 0.2) is 42.5 Å². The fraction of sp³-hybridized carbons (Fsp3) is 0.316. The predicted octanol–water partition coefficient (Wildman–Crippen LogP) is 4.18. The Kier molecular flexibility index (Phi) is 4.21. The molecule has 1 aliphatic rings. The van der Waals surface area contributed by atoms with Gasteiger partial charge in [0.25, 0.3) is 0 Å². The first-order valence-electron chi connectivity index (χ1n) is 7.90. The first-order valence-corrected chi connectivity index (χ1v) is 8.28. The molecular formula is C19H19BClNO2. The summed E-state index contributed by atoms with van der Waals surface area (Å²) in [5, 5.41) is 10.0. The van der Waals surface area contributed by atoms with E-state index in [4.69, 9.17) is 20.9 Å². The molecule has 0 aliphatic carbocycles. The van der Waals surface area contributed by atoms with Crippen molar-refractivity contribution in [3.05, 3.63) is 53.1 Å². The van der Waals surface area contributed by atoms with Gasteiger partial charge in [0.05, 0.1) is 21.8 Å². The number of benzene rings is 2. The molecule has 0 aromatic heterocycles. The maximum atomic E-state index is 9.62. The van der Waals surface area contributed by atoms with E-state index in [0.29, 0.717) is 16.0 Å². The average Bonchev–Trinajstić information content (AvgIpc) is 2.75. The van der Waals surface area contributed by atoms with Gasteiger partial charge in [-0.25, -0.2) is 0 Å². The summed E-state index contributed by atoms with van der Waals surface area (Å²) in [7, 11) is -0.584. The molecule has 0 amide bonds. The van der Waals surface area contributed by atoms with E-state index in [-0.39, 0.29) is 0 Å². The number of nitriles is 1. The molecule has 1 saturated heterocycles. The number of halogens is 1. The summed E-state index contributed by atoms with van der Waals surface area (Å²) in [6, 6.07) is 15.7. The molecule has 0 N–H and O–H groups in total. The molecule has 0 atom stereocenters. The van der Waals surface area contributed by atoms with Gasteiger partial charge in [0.15, 0.2) is 0 Å². The molecule has 0 saturated carbocycles. The second-order valence-electron chi connectivity index (χ2n) is 6.96. The smallest absolute Gasteiger partial charge is 0.399 e. The van der Waals surface area contributed by atoms with Crippen LogP contribution in [0.2, 0.25) is 5.02 Å². The highest BCUT2D eigenvalue weighted by Gasteiger charge is 2.52. The Balaban J connectivity index is 2.06. The maximum absolute atomic E-state index is 9.62. The van der Waals surface area contributed by atoms with Gasteiger partial charge in [-0.3, -0.25) is 0 Å². The van der Waals surface area contributed by atoms with Gasteiger partial charge in [-0.15, -0.1) is 0 Å². The number of hydrogen-bond donors (Lipinski definition) is 0. The molecule has 1 aliphatic heterocycles. The van der Waals surface area contributed by atoms with Crippen molar-refractivity contribution in [3.8, 4) is 17.2 Å². The SMILES string of the molecule is CC1(C)OB(c2ccc(-c3ccccc3)c(C#N)c2Cl)OC1(C)C. The minimum atomic E-state index is -0.584. The van der Waals surface area contributed by atoms with E-state index in [9.17, 15) is 5.26 Å². The molecule has 0 unspecified atom stereocenters. The van der Waals surface area contributed by atoms with Gasteiger partial charge in [0, 0.05) is 11.0 Å². The fourth-order valence-corrected chi connectivity index (χ4v) is 3.01. The summed E-state index contributed by atoms with van der Waals surface area (Å²) in [4.78, 5) is 0. The lowest BCUT2D eigenvalue weighted by molar-refractivity contribution is 0.00578. The first kappa shape index (κ1) is 17.0. The van der Waals surface area contributed by atoms with Crippen molar-refractivity contribution in [3.63, 3.8) is 0 Å². The maximum Gasteiger partial charge on any atom is 0.496 e. The second-order valence-corrected chi connectivity index (χ2v) is 7.34. The van der Waals surface area contributed by atoms with Crippen molar-refractivity contribution in [1.29, 1.82) is 5.26 Å².